The van der Waals surface area contributed by atoms with Crippen LogP contribution in [0.2, 0.25) is 0 Å². The molecule has 2 rings (SSSR count). The van der Waals surface area contributed by atoms with E-state index in [1.54, 1.807) is 11.3 Å². The van der Waals surface area contributed by atoms with Gasteiger partial charge in [-0.2, -0.15) is 0 Å². The zero-order valence-corrected chi connectivity index (χ0v) is 12.8. The number of unbranched alkanes of at least 4 members (excludes halogenated alkanes) is 1. The molecule has 5 nitrogen and oxygen atoms in total. The van der Waals surface area contributed by atoms with Gasteiger partial charge in [0.25, 0.3) is 5.89 Å². The number of carboxylic acid groups (broad SMARTS) is 1. The van der Waals surface area contributed by atoms with Crippen LogP contribution in [0.5, 0.6) is 0 Å². The second kappa shape index (κ2) is 6.29. The number of rotatable bonds is 6. The topological polar surface area (TPSA) is 76.2 Å². The van der Waals surface area contributed by atoms with Crippen LogP contribution in [0.1, 0.15) is 30.7 Å². The molecule has 2 aromatic rings. The maximum absolute atomic E-state index is 10.4. The van der Waals surface area contributed by atoms with Crippen molar-refractivity contribution < 1.29 is 14.3 Å². The van der Waals surface area contributed by atoms with Gasteiger partial charge in [0.05, 0.1) is 8.66 Å². The fourth-order valence-corrected chi connectivity index (χ4v) is 3.03. The standard InChI is InChI=1S/C12H13BrN2O3S/c1-7-6-8(19-11(7)13)12-15-14-9(18-12)4-2-3-5-10(16)17/h6H,2-5H2,1H3,(H,16,17). The molecule has 0 unspecified atom stereocenters. The molecule has 0 spiro atoms. The van der Waals surface area contributed by atoms with Crippen molar-refractivity contribution in [3.05, 3.63) is 21.3 Å². The van der Waals surface area contributed by atoms with Gasteiger partial charge in [0.2, 0.25) is 5.89 Å². The number of aryl methyl sites for hydroxylation is 2. The van der Waals surface area contributed by atoms with Crippen LogP contribution >= 0.6 is 27.3 Å². The fraction of sp³-hybridized carbons (Fsp3) is 0.417. The molecule has 1 N–H and O–H groups in total. The maximum atomic E-state index is 10.4. The van der Waals surface area contributed by atoms with Gasteiger partial charge in [-0.15, -0.1) is 21.5 Å². The van der Waals surface area contributed by atoms with Gasteiger partial charge >= 0.3 is 5.97 Å². The normalized spacial score (nSPS) is 10.8. The van der Waals surface area contributed by atoms with Crippen molar-refractivity contribution in [1.29, 1.82) is 0 Å². The van der Waals surface area contributed by atoms with E-state index in [0.717, 1.165) is 20.6 Å². The lowest BCUT2D eigenvalue weighted by Gasteiger charge is -1.93. The van der Waals surface area contributed by atoms with E-state index in [-0.39, 0.29) is 6.42 Å². The molecule has 0 radical (unpaired) electrons. The summed E-state index contributed by atoms with van der Waals surface area (Å²) in [5, 5.41) is 16.5. The summed E-state index contributed by atoms with van der Waals surface area (Å²) in [6.45, 7) is 2.01. The zero-order valence-electron chi connectivity index (χ0n) is 10.4. The third kappa shape index (κ3) is 3.87. The first-order valence-corrected chi connectivity index (χ1v) is 7.47. The number of hydrogen-bond acceptors (Lipinski definition) is 5. The highest BCUT2D eigenvalue weighted by atomic mass is 79.9. The van der Waals surface area contributed by atoms with E-state index >= 15 is 0 Å². The lowest BCUT2D eigenvalue weighted by molar-refractivity contribution is -0.137. The van der Waals surface area contributed by atoms with E-state index in [9.17, 15) is 4.79 Å². The number of nitrogens with zero attached hydrogens (tertiary/aromatic N) is 2. The summed E-state index contributed by atoms with van der Waals surface area (Å²) in [6, 6.07) is 2.00. The zero-order chi connectivity index (χ0) is 13.8. The van der Waals surface area contributed by atoms with Crippen molar-refractivity contribution in [2.45, 2.75) is 32.6 Å². The monoisotopic (exact) mass is 344 g/mol. The smallest absolute Gasteiger partial charge is 0.303 e. The summed E-state index contributed by atoms with van der Waals surface area (Å²) in [4.78, 5) is 11.3. The summed E-state index contributed by atoms with van der Waals surface area (Å²) in [5.41, 5.74) is 1.14. The van der Waals surface area contributed by atoms with Gasteiger partial charge in [0.15, 0.2) is 0 Å². The molecule has 0 amide bonds. The van der Waals surface area contributed by atoms with Crippen LogP contribution in [0.15, 0.2) is 14.3 Å². The van der Waals surface area contributed by atoms with Gasteiger partial charge in [-0.25, -0.2) is 0 Å². The highest BCUT2D eigenvalue weighted by Crippen LogP contribution is 2.33. The Balaban J connectivity index is 1.93. The fourth-order valence-electron chi connectivity index (χ4n) is 1.57. The summed E-state index contributed by atoms with van der Waals surface area (Å²) < 4.78 is 6.62. The first-order chi connectivity index (χ1) is 9.06. The minimum atomic E-state index is -0.773. The average Bonchev–Trinajstić information content (AvgIpc) is 2.93. The molecule has 102 valence electrons. The summed E-state index contributed by atoms with van der Waals surface area (Å²) in [6.07, 6.45) is 2.15. The minimum absolute atomic E-state index is 0.179. The van der Waals surface area contributed by atoms with Gasteiger partial charge in [0, 0.05) is 12.8 Å². The van der Waals surface area contributed by atoms with E-state index in [1.807, 2.05) is 13.0 Å². The molecule has 2 heterocycles. The molecule has 2 aromatic heterocycles. The molecule has 0 saturated carbocycles. The third-order valence-corrected chi connectivity index (χ3v) is 4.69. The highest BCUT2D eigenvalue weighted by Gasteiger charge is 2.12. The Labute approximate surface area is 122 Å². The lowest BCUT2D eigenvalue weighted by atomic mass is 10.2. The summed E-state index contributed by atoms with van der Waals surface area (Å²) in [5.74, 6) is 0.305. The number of halogens is 1. The Kier molecular flexibility index (Phi) is 4.71. The van der Waals surface area contributed by atoms with Crippen molar-refractivity contribution in [2.24, 2.45) is 0 Å². The SMILES string of the molecule is Cc1cc(-c2nnc(CCCCC(=O)O)o2)sc1Br. The molecule has 0 aliphatic carbocycles. The van der Waals surface area contributed by atoms with Gasteiger partial charge in [-0.1, -0.05) is 0 Å². The number of aromatic nitrogens is 2. The summed E-state index contributed by atoms with van der Waals surface area (Å²) in [7, 11) is 0. The molecular formula is C12H13BrN2O3S. The van der Waals surface area contributed by atoms with Crippen LogP contribution < -0.4 is 0 Å². The van der Waals surface area contributed by atoms with Crippen molar-refractivity contribution in [3.63, 3.8) is 0 Å². The maximum Gasteiger partial charge on any atom is 0.303 e. The second-order valence-corrected chi connectivity index (χ2v) is 6.54. The Bertz CT molecular complexity index is 560. The Morgan fingerprint density at radius 1 is 1.47 bits per heavy atom. The molecule has 7 heteroatoms. The first-order valence-electron chi connectivity index (χ1n) is 5.86. The predicted octanol–water partition coefficient (Wildman–Crippen LogP) is 3.67. The quantitative estimate of drug-likeness (QED) is 0.809. The van der Waals surface area contributed by atoms with Crippen molar-refractivity contribution in [1.82, 2.24) is 10.2 Å². The molecule has 0 bridgehead atoms. The summed E-state index contributed by atoms with van der Waals surface area (Å²) >= 11 is 5.01. The molecule has 0 atom stereocenters. The Hall–Kier alpha value is -1.21. The van der Waals surface area contributed by atoms with Gasteiger partial charge in [-0.05, 0) is 47.3 Å². The number of carbonyl (C=O) groups is 1. The van der Waals surface area contributed by atoms with Crippen molar-refractivity contribution in [2.75, 3.05) is 0 Å². The van der Waals surface area contributed by atoms with Crippen LogP contribution in [0.4, 0.5) is 0 Å². The van der Waals surface area contributed by atoms with Crippen LogP contribution in [0.25, 0.3) is 10.8 Å². The van der Waals surface area contributed by atoms with E-state index < -0.39 is 5.97 Å². The van der Waals surface area contributed by atoms with E-state index in [1.165, 1.54) is 0 Å². The Morgan fingerprint density at radius 3 is 2.89 bits per heavy atom. The van der Waals surface area contributed by atoms with Gasteiger partial charge in [0.1, 0.15) is 0 Å². The average molecular weight is 345 g/mol. The molecule has 0 aliphatic rings. The highest BCUT2D eigenvalue weighted by molar-refractivity contribution is 9.11. The van der Waals surface area contributed by atoms with Crippen LogP contribution in [0, 0.1) is 6.92 Å². The molecule has 19 heavy (non-hydrogen) atoms. The van der Waals surface area contributed by atoms with Crippen molar-refractivity contribution in [3.8, 4) is 10.8 Å². The largest absolute Gasteiger partial charge is 0.481 e. The number of hydrogen-bond donors (Lipinski definition) is 1. The lowest BCUT2D eigenvalue weighted by Crippen LogP contribution is -1.95. The van der Waals surface area contributed by atoms with Gasteiger partial charge in [-0.3, -0.25) is 4.79 Å². The first kappa shape index (κ1) is 14.2. The van der Waals surface area contributed by atoms with E-state index in [2.05, 4.69) is 26.1 Å². The van der Waals surface area contributed by atoms with Crippen molar-refractivity contribution >= 4 is 33.2 Å². The number of aliphatic carboxylic acids is 1. The third-order valence-electron chi connectivity index (χ3n) is 2.57. The van der Waals surface area contributed by atoms with E-state index in [0.29, 0.717) is 24.6 Å². The number of thiophene rings is 1. The van der Waals surface area contributed by atoms with Gasteiger partial charge < -0.3 is 9.52 Å². The second-order valence-electron chi connectivity index (χ2n) is 4.17. The van der Waals surface area contributed by atoms with Crippen LogP contribution in [-0.2, 0) is 11.2 Å². The molecule has 0 aromatic carbocycles. The Morgan fingerprint density at radius 2 is 2.26 bits per heavy atom. The predicted molar refractivity (Wildman–Crippen MR) is 75.2 cm³/mol. The van der Waals surface area contributed by atoms with Crippen LogP contribution in [-0.4, -0.2) is 21.3 Å². The van der Waals surface area contributed by atoms with E-state index in [4.69, 9.17) is 9.52 Å². The molecule has 0 saturated heterocycles. The molecule has 0 aliphatic heterocycles. The molecular weight excluding hydrogens is 332 g/mol. The molecule has 0 fully saturated rings. The number of carboxylic acids is 1. The minimum Gasteiger partial charge on any atom is -0.481 e. The van der Waals surface area contributed by atoms with Crippen LogP contribution in [0.3, 0.4) is 0 Å².